The van der Waals surface area contributed by atoms with Crippen LogP contribution in [-0.4, -0.2) is 61.7 Å². The SMILES string of the molecule is Cc1noc(C)c1Cn1ccnc1C1CCN(C(=O)CC(O)(C(F)(F)F)C(F)(F)F)CC1. The minimum Gasteiger partial charge on any atom is -0.373 e. The Balaban J connectivity index is 1.66. The Hall–Kier alpha value is -2.57. The lowest BCUT2D eigenvalue weighted by Gasteiger charge is -2.36. The molecule has 0 bridgehead atoms. The van der Waals surface area contributed by atoms with E-state index in [4.69, 9.17) is 4.52 Å². The predicted molar refractivity (Wildman–Crippen MR) is 97.5 cm³/mol. The topological polar surface area (TPSA) is 84.4 Å². The maximum Gasteiger partial charge on any atom is 0.426 e. The van der Waals surface area contributed by atoms with Gasteiger partial charge in [0.2, 0.25) is 5.91 Å². The largest absolute Gasteiger partial charge is 0.426 e. The summed E-state index contributed by atoms with van der Waals surface area (Å²) in [5, 5.41) is 13.2. The van der Waals surface area contributed by atoms with Crippen molar-refractivity contribution in [3.8, 4) is 0 Å². The third-order valence-corrected chi connectivity index (χ3v) is 5.82. The second-order valence-corrected chi connectivity index (χ2v) is 7.90. The molecule has 0 saturated carbocycles. The minimum atomic E-state index is -6.03. The van der Waals surface area contributed by atoms with E-state index in [2.05, 4.69) is 10.1 Å². The van der Waals surface area contributed by atoms with Gasteiger partial charge >= 0.3 is 12.4 Å². The summed E-state index contributed by atoms with van der Waals surface area (Å²) in [5.41, 5.74) is -3.47. The van der Waals surface area contributed by atoms with Crippen LogP contribution in [0, 0.1) is 13.8 Å². The number of alkyl halides is 6. The van der Waals surface area contributed by atoms with Crippen molar-refractivity contribution in [2.75, 3.05) is 13.1 Å². The van der Waals surface area contributed by atoms with E-state index >= 15 is 0 Å². The molecule has 0 spiro atoms. The number of nitrogens with zero attached hydrogens (tertiary/aromatic N) is 4. The molecule has 13 heteroatoms. The molecule has 0 unspecified atom stereocenters. The fraction of sp³-hybridized carbons (Fsp3) is 0.632. The van der Waals surface area contributed by atoms with Crippen LogP contribution in [0.25, 0.3) is 0 Å². The predicted octanol–water partition coefficient (Wildman–Crippen LogP) is 3.49. The molecule has 178 valence electrons. The zero-order valence-corrected chi connectivity index (χ0v) is 17.3. The monoisotopic (exact) mass is 468 g/mol. The summed E-state index contributed by atoms with van der Waals surface area (Å²) >= 11 is 0. The Bertz CT molecular complexity index is 924. The smallest absolute Gasteiger partial charge is 0.373 e. The number of carbonyl (C=O) groups excluding carboxylic acids is 1. The molecule has 1 aliphatic rings. The Labute approximate surface area is 179 Å². The lowest BCUT2D eigenvalue weighted by molar-refractivity contribution is -0.367. The summed E-state index contributed by atoms with van der Waals surface area (Å²) in [6.45, 7) is 3.93. The van der Waals surface area contributed by atoms with Crippen LogP contribution in [-0.2, 0) is 11.3 Å². The Morgan fingerprint density at radius 1 is 1.16 bits per heavy atom. The van der Waals surface area contributed by atoms with Gasteiger partial charge < -0.3 is 19.1 Å². The normalized spacial score (nSPS) is 16.6. The van der Waals surface area contributed by atoms with Gasteiger partial charge in [-0.2, -0.15) is 26.3 Å². The van der Waals surface area contributed by atoms with Crippen molar-refractivity contribution in [3.05, 3.63) is 35.2 Å². The number of likely N-dealkylation sites (tertiary alicyclic amines) is 1. The van der Waals surface area contributed by atoms with Crippen LogP contribution in [0.2, 0.25) is 0 Å². The van der Waals surface area contributed by atoms with E-state index in [1.54, 1.807) is 26.2 Å². The minimum absolute atomic E-state index is 0.0481. The highest BCUT2D eigenvalue weighted by Gasteiger charge is 2.71. The van der Waals surface area contributed by atoms with E-state index in [1.807, 2.05) is 4.57 Å². The van der Waals surface area contributed by atoms with E-state index in [0.717, 1.165) is 16.2 Å². The molecule has 1 N–H and O–H groups in total. The molecule has 1 aliphatic heterocycles. The van der Waals surface area contributed by atoms with E-state index in [1.165, 1.54) is 0 Å². The highest BCUT2D eigenvalue weighted by atomic mass is 19.4. The summed E-state index contributed by atoms with van der Waals surface area (Å²) in [5.74, 6) is -0.193. The molecule has 0 aromatic carbocycles. The number of rotatable bonds is 5. The van der Waals surface area contributed by atoms with E-state index < -0.39 is 30.3 Å². The van der Waals surface area contributed by atoms with Gasteiger partial charge in [-0.25, -0.2) is 4.98 Å². The molecule has 0 atom stereocenters. The van der Waals surface area contributed by atoms with Crippen molar-refractivity contribution >= 4 is 5.91 Å². The van der Waals surface area contributed by atoms with Gasteiger partial charge in [-0.1, -0.05) is 5.16 Å². The maximum absolute atomic E-state index is 12.9. The van der Waals surface area contributed by atoms with Gasteiger partial charge in [0.1, 0.15) is 11.6 Å². The number of piperidine rings is 1. The Kier molecular flexibility index (Phi) is 6.33. The highest BCUT2D eigenvalue weighted by molar-refractivity contribution is 5.77. The zero-order chi connectivity index (χ0) is 23.9. The number of aliphatic hydroxyl groups is 1. The molecule has 3 heterocycles. The van der Waals surface area contributed by atoms with Crippen molar-refractivity contribution < 1.29 is 40.8 Å². The molecular formula is C19H22F6N4O3. The quantitative estimate of drug-likeness (QED) is 0.680. The third-order valence-electron chi connectivity index (χ3n) is 5.82. The van der Waals surface area contributed by atoms with Crippen LogP contribution in [0.5, 0.6) is 0 Å². The number of halogens is 6. The summed E-state index contributed by atoms with van der Waals surface area (Å²) in [4.78, 5) is 17.4. The first kappa shape index (κ1) is 24.1. The molecule has 32 heavy (non-hydrogen) atoms. The lowest BCUT2D eigenvalue weighted by Crippen LogP contribution is -2.59. The molecule has 1 fully saturated rings. The van der Waals surface area contributed by atoms with Crippen LogP contribution in [0.15, 0.2) is 16.9 Å². The summed E-state index contributed by atoms with van der Waals surface area (Å²) in [6, 6.07) is 0. The molecule has 1 saturated heterocycles. The van der Waals surface area contributed by atoms with Crippen molar-refractivity contribution in [2.24, 2.45) is 0 Å². The summed E-state index contributed by atoms with van der Waals surface area (Å²) in [6.07, 6.45) is -10.2. The van der Waals surface area contributed by atoms with Crippen molar-refractivity contribution in [1.29, 1.82) is 0 Å². The third kappa shape index (κ3) is 4.48. The molecule has 1 amide bonds. The van der Waals surface area contributed by atoms with E-state index in [-0.39, 0.29) is 19.0 Å². The average molecular weight is 468 g/mol. The molecule has 0 radical (unpaired) electrons. The van der Waals surface area contributed by atoms with Gasteiger partial charge in [-0.15, -0.1) is 0 Å². The maximum atomic E-state index is 12.9. The van der Waals surface area contributed by atoms with Gasteiger partial charge in [-0.3, -0.25) is 4.79 Å². The Morgan fingerprint density at radius 2 is 1.75 bits per heavy atom. The first-order chi connectivity index (χ1) is 14.7. The molecule has 0 aliphatic carbocycles. The highest BCUT2D eigenvalue weighted by Crippen LogP contribution is 2.45. The van der Waals surface area contributed by atoms with Crippen LogP contribution in [0.4, 0.5) is 26.3 Å². The molecule has 2 aromatic rings. The Morgan fingerprint density at radius 3 is 2.25 bits per heavy atom. The number of imidazole rings is 1. The molecule has 3 rings (SSSR count). The standard InChI is InChI=1S/C19H22F6N4O3/c1-11-14(12(2)32-27-11)10-29-8-5-26-16(29)13-3-6-28(7-4-13)15(30)9-17(31,18(20,21)22)19(23,24)25/h5,8,13,31H,3-4,6-7,9-10H2,1-2H3. The number of aryl methyl sites for hydroxylation is 2. The first-order valence-electron chi connectivity index (χ1n) is 9.81. The van der Waals surface area contributed by atoms with Crippen molar-refractivity contribution in [2.45, 2.75) is 63.5 Å². The van der Waals surface area contributed by atoms with Gasteiger partial charge in [0, 0.05) is 37.0 Å². The van der Waals surface area contributed by atoms with Crippen LogP contribution < -0.4 is 0 Å². The fourth-order valence-corrected chi connectivity index (χ4v) is 3.79. The van der Waals surface area contributed by atoms with Crippen LogP contribution in [0.1, 0.15) is 48.0 Å². The van der Waals surface area contributed by atoms with E-state index in [9.17, 15) is 36.2 Å². The van der Waals surface area contributed by atoms with Crippen molar-refractivity contribution in [3.63, 3.8) is 0 Å². The second kappa shape index (κ2) is 8.41. The van der Waals surface area contributed by atoms with E-state index in [0.29, 0.717) is 31.0 Å². The van der Waals surface area contributed by atoms with Gasteiger partial charge in [0.15, 0.2) is 0 Å². The van der Waals surface area contributed by atoms with Crippen molar-refractivity contribution in [1.82, 2.24) is 19.6 Å². The molecular weight excluding hydrogens is 446 g/mol. The number of carbonyl (C=O) groups is 1. The molecule has 2 aromatic heterocycles. The average Bonchev–Trinajstić information content (AvgIpc) is 3.28. The van der Waals surface area contributed by atoms with Crippen LogP contribution >= 0.6 is 0 Å². The number of aromatic nitrogens is 3. The zero-order valence-electron chi connectivity index (χ0n) is 17.3. The lowest BCUT2D eigenvalue weighted by atomic mass is 9.93. The summed E-state index contributed by atoms with van der Waals surface area (Å²) < 4.78 is 84.2. The number of hydrogen-bond donors (Lipinski definition) is 1. The summed E-state index contributed by atoms with van der Waals surface area (Å²) in [7, 11) is 0. The second-order valence-electron chi connectivity index (χ2n) is 7.90. The number of hydrogen-bond acceptors (Lipinski definition) is 5. The fourth-order valence-electron chi connectivity index (χ4n) is 3.79. The first-order valence-corrected chi connectivity index (χ1v) is 9.81. The van der Waals surface area contributed by atoms with Crippen LogP contribution in [0.3, 0.4) is 0 Å². The molecule has 7 nitrogen and oxygen atoms in total. The van der Waals surface area contributed by atoms with Gasteiger partial charge in [0.05, 0.1) is 18.7 Å². The van der Waals surface area contributed by atoms with Gasteiger partial charge in [0.25, 0.3) is 5.60 Å². The number of amides is 1. The van der Waals surface area contributed by atoms with Gasteiger partial charge in [-0.05, 0) is 26.7 Å².